The Morgan fingerprint density at radius 1 is 1.32 bits per heavy atom. The van der Waals surface area contributed by atoms with E-state index >= 15 is 0 Å². The number of rotatable bonds is 9. The van der Waals surface area contributed by atoms with Crippen LogP contribution in [0.4, 0.5) is 0 Å². The molecule has 1 saturated heterocycles. The minimum absolute atomic E-state index is 0. The zero-order chi connectivity index (χ0) is 21.2. The Kier molecular flexibility index (Phi) is 11.1. The largest absolute Gasteiger partial charge is 0.493 e. The Morgan fingerprint density at radius 3 is 2.94 bits per heavy atom. The second-order valence-electron chi connectivity index (χ2n) is 7.80. The molecule has 1 N–H and O–H groups in total. The maximum Gasteiger partial charge on any atom is 0.194 e. The Labute approximate surface area is 203 Å². The Hall–Kier alpha value is -1.81. The number of guanidine groups is 1. The van der Waals surface area contributed by atoms with Crippen molar-refractivity contribution in [3.8, 4) is 5.75 Å². The van der Waals surface area contributed by atoms with Gasteiger partial charge in [0.25, 0.3) is 0 Å². The van der Waals surface area contributed by atoms with Gasteiger partial charge in [-0.25, -0.2) is 9.98 Å². The van der Waals surface area contributed by atoms with Crippen LogP contribution in [0.25, 0.3) is 0 Å². The molecule has 31 heavy (non-hydrogen) atoms. The van der Waals surface area contributed by atoms with Crippen LogP contribution in [0.1, 0.15) is 38.3 Å². The van der Waals surface area contributed by atoms with Crippen molar-refractivity contribution in [2.24, 2.45) is 10.9 Å². The van der Waals surface area contributed by atoms with E-state index in [0.29, 0.717) is 31.7 Å². The second kappa shape index (κ2) is 13.6. The van der Waals surface area contributed by atoms with Gasteiger partial charge in [-0.15, -0.1) is 24.0 Å². The van der Waals surface area contributed by atoms with Gasteiger partial charge < -0.3 is 24.3 Å². The molecule has 0 aliphatic carbocycles. The summed E-state index contributed by atoms with van der Waals surface area (Å²) in [5, 5.41) is 3.47. The van der Waals surface area contributed by atoms with Crippen LogP contribution in [0.2, 0.25) is 0 Å². The molecular formula is C23H36IN5O2. The van der Waals surface area contributed by atoms with Crippen LogP contribution in [-0.4, -0.2) is 60.4 Å². The third-order valence-corrected chi connectivity index (χ3v) is 5.53. The lowest BCUT2D eigenvalue weighted by molar-refractivity contribution is 0.172. The number of halogens is 1. The van der Waals surface area contributed by atoms with E-state index in [1.807, 2.05) is 24.7 Å². The number of hydrogen-bond acceptors (Lipinski definition) is 4. The summed E-state index contributed by atoms with van der Waals surface area (Å²) in [5.74, 6) is 2.47. The molecule has 1 aliphatic heterocycles. The molecule has 2 aromatic rings. The summed E-state index contributed by atoms with van der Waals surface area (Å²) < 4.78 is 13.1. The highest BCUT2D eigenvalue weighted by Gasteiger charge is 2.28. The van der Waals surface area contributed by atoms with E-state index in [1.165, 1.54) is 0 Å². The van der Waals surface area contributed by atoms with E-state index in [1.54, 1.807) is 7.11 Å². The van der Waals surface area contributed by atoms with Crippen molar-refractivity contribution in [1.82, 2.24) is 19.8 Å². The molecule has 1 aromatic heterocycles. The van der Waals surface area contributed by atoms with Gasteiger partial charge in [0.1, 0.15) is 5.75 Å². The molecule has 8 heteroatoms. The number of aromatic nitrogens is 2. The summed E-state index contributed by atoms with van der Waals surface area (Å²) >= 11 is 0. The smallest absolute Gasteiger partial charge is 0.194 e. The predicted octanol–water partition coefficient (Wildman–Crippen LogP) is 3.97. The van der Waals surface area contributed by atoms with Crippen LogP contribution >= 0.6 is 24.0 Å². The molecule has 172 valence electrons. The van der Waals surface area contributed by atoms with E-state index in [9.17, 15) is 0 Å². The molecule has 2 heterocycles. The van der Waals surface area contributed by atoms with Gasteiger partial charge >= 0.3 is 0 Å². The minimum atomic E-state index is 0. The van der Waals surface area contributed by atoms with Gasteiger partial charge in [-0.1, -0.05) is 19.1 Å². The van der Waals surface area contributed by atoms with Crippen LogP contribution < -0.4 is 10.1 Å². The first-order valence-corrected chi connectivity index (χ1v) is 10.9. The van der Waals surface area contributed by atoms with Crippen LogP contribution in [0.15, 0.2) is 48.0 Å². The number of likely N-dealkylation sites (tertiary alicyclic amines) is 1. The number of imidazole rings is 1. The van der Waals surface area contributed by atoms with Crippen molar-refractivity contribution in [2.45, 2.75) is 39.3 Å². The topological polar surface area (TPSA) is 63.9 Å². The first-order chi connectivity index (χ1) is 14.7. The molecule has 0 saturated carbocycles. The van der Waals surface area contributed by atoms with Crippen molar-refractivity contribution >= 4 is 29.9 Å². The molecule has 1 aromatic carbocycles. The Bertz CT molecular complexity index is 784. The van der Waals surface area contributed by atoms with Gasteiger partial charge in [-0.3, -0.25) is 0 Å². The number of ether oxygens (including phenoxy) is 2. The van der Waals surface area contributed by atoms with Gasteiger partial charge in [0.15, 0.2) is 5.96 Å². The highest BCUT2D eigenvalue weighted by atomic mass is 127. The fraction of sp³-hybridized carbons (Fsp3) is 0.565. The zero-order valence-electron chi connectivity index (χ0n) is 18.9. The Balaban J connectivity index is 0.00000341. The van der Waals surface area contributed by atoms with Crippen LogP contribution in [0, 0.1) is 5.92 Å². The molecule has 0 amide bonds. The average Bonchev–Trinajstić information content (AvgIpc) is 3.30. The summed E-state index contributed by atoms with van der Waals surface area (Å²) in [7, 11) is 1.71. The molecule has 0 bridgehead atoms. The fourth-order valence-corrected chi connectivity index (χ4v) is 3.81. The lowest BCUT2D eigenvalue weighted by Crippen LogP contribution is -2.49. The molecule has 7 nitrogen and oxygen atoms in total. The van der Waals surface area contributed by atoms with E-state index < -0.39 is 0 Å². The molecule has 0 spiro atoms. The molecule has 3 rings (SSSR count). The SMILES string of the molecule is CCNC(=NCc1cccc(OCCCOC)c1)N1CCC(C)C(n2ccnc2)C1.I. The fourth-order valence-electron chi connectivity index (χ4n) is 3.81. The number of aliphatic imine (C=N–C) groups is 1. The number of benzene rings is 1. The maximum absolute atomic E-state index is 5.82. The normalized spacial score (nSPS) is 19.1. The Morgan fingerprint density at radius 2 is 2.19 bits per heavy atom. The summed E-state index contributed by atoms with van der Waals surface area (Å²) in [4.78, 5) is 11.5. The number of hydrogen-bond donors (Lipinski definition) is 1. The number of nitrogens with zero attached hydrogens (tertiary/aromatic N) is 4. The second-order valence-corrected chi connectivity index (χ2v) is 7.80. The van der Waals surface area contributed by atoms with Gasteiger partial charge in [-0.2, -0.15) is 0 Å². The summed E-state index contributed by atoms with van der Waals surface area (Å²) in [6.45, 7) is 9.24. The maximum atomic E-state index is 5.82. The van der Waals surface area contributed by atoms with Crippen molar-refractivity contribution in [3.63, 3.8) is 0 Å². The van der Waals surface area contributed by atoms with E-state index in [4.69, 9.17) is 14.5 Å². The van der Waals surface area contributed by atoms with Gasteiger partial charge in [0.2, 0.25) is 0 Å². The van der Waals surface area contributed by atoms with E-state index in [0.717, 1.165) is 49.7 Å². The molecular weight excluding hydrogens is 505 g/mol. The molecule has 1 aliphatic rings. The highest BCUT2D eigenvalue weighted by Crippen LogP contribution is 2.27. The molecule has 0 radical (unpaired) electrons. The van der Waals surface area contributed by atoms with Crippen molar-refractivity contribution < 1.29 is 9.47 Å². The van der Waals surface area contributed by atoms with Crippen molar-refractivity contribution in [3.05, 3.63) is 48.5 Å². The van der Waals surface area contributed by atoms with Gasteiger partial charge in [-0.05, 0) is 37.0 Å². The van der Waals surface area contributed by atoms with Gasteiger partial charge in [0.05, 0.1) is 25.5 Å². The van der Waals surface area contributed by atoms with Crippen molar-refractivity contribution in [2.75, 3.05) is 40.0 Å². The third kappa shape index (κ3) is 7.68. The van der Waals surface area contributed by atoms with Crippen LogP contribution in [0.3, 0.4) is 0 Å². The summed E-state index contributed by atoms with van der Waals surface area (Å²) in [5.41, 5.74) is 1.14. The zero-order valence-corrected chi connectivity index (χ0v) is 21.2. The standard InChI is InChI=1S/C23H35N5O2.HI/c1-4-25-23(27-11-9-19(2)22(17-27)28-12-10-24-18-28)26-16-20-7-5-8-21(15-20)30-14-6-13-29-3;/h5,7-8,10,12,15,18-19,22H,4,6,9,11,13-14,16-17H2,1-3H3,(H,25,26);1H. The highest BCUT2D eigenvalue weighted by molar-refractivity contribution is 14.0. The quantitative estimate of drug-likeness (QED) is 0.225. The third-order valence-electron chi connectivity index (χ3n) is 5.53. The minimum Gasteiger partial charge on any atom is -0.493 e. The predicted molar refractivity (Wildman–Crippen MR) is 135 cm³/mol. The number of nitrogens with one attached hydrogen (secondary N) is 1. The lowest BCUT2D eigenvalue weighted by atomic mass is 9.93. The lowest BCUT2D eigenvalue weighted by Gasteiger charge is -2.39. The van der Waals surface area contributed by atoms with E-state index in [2.05, 4.69) is 51.9 Å². The summed E-state index contributed by atoms with van der Waals surface area (Å²) in [6.07, 6.45) is 7.86. The van der Waals surface area contributed by atoms with Crippen LogP contribution in [-0.2, 0) is 11.3 Å². The molecule has 2 unspecified atom stereocenters. The van der Waals surface area contributed by atoms with Crippen molar-refractivity contribution in [1.29, 1.82) is 0 Å². The van der Waals surface area contributed by atoms with Gasteiger partial charge in [0, 0.05) is 52.2 Å². The molecule has 2 atom stereocenters. The van der Waals surface area contributed by atoms with Crippen LogP contribution in [0.5, 0.6) is 5.75 Å². The monoisotopic (exact) mass is 541 g/mol. The number of methoxy groups -OCH3 is 1. The first-order valence-electron chi connectivity index (χ1n) is 10.9. The average molecular weight is 541 g/mol. The first kappa shape index (κ1) is 25.5. The molecule has 1 fully saturated rings. The van der Waals surface area contributed by atoms with E-state index in [-0.39, 0.29) is 24.0 Å². The number of piperidine rings is 1. The summed E-state index contributed by atoms with van der Waals surface area (Å²) in [6, 6.07) is 8.61.